The van der Waals surface area contributed by atoms with Crippen molar-refractivity contribution in [2.24, 2.45) is 0 Å². The van der Waals surface area contributed by atoms with Crippen molar-refractivity contribution in [3.05, 3.63) is 35.8 Å². The molecule has 0 aliphatic carbocycles. The Kier molecular flexibility index (Phi) is 1.22. The first-order valence-corrected chi connectivity index (χ1v) is 3.34. The zero-order chi connectivity index (χ0) is 7.84. The normalized spacial score (nSPS) is 10.7. The fourth-order valence-corrected chi connectivity index (χ4v) is 1.09. The van der Waals surface area contributed by atoms with E-state index in [9.17, 15) is 4.39 Å². The highest BCUT2D eigenvalue weighted by atomic mass is 19.1. The van der Waals surface area contributed by atoms with Crippen LogP contribution in [0.3, 0.4) is 0 Å². The van der Waals surface area contributed by atoms with Gasteiger partial charge in [0, 0.05) is 10.9 Å². The average Bonchev–Trinajstić information content (AvgIpc) is 2.35. The third-order valence-corrected chi connectivity index (χ3v) is 1.68. The second kappa shape index (κ2) is 2.09. The van der Waals surface area contributed by atoms with Crippen LogP contribution in [0, 0.1) is 19.0 Å². The van der Waals surface area contributed by atoms with Crippen LogP contribution in [0.5, 0.6) is 0 Å². The number of furan rings is 1. The van der Waals surface area contributed by atoms with Gasteiger partial charge in [0.2, 0.25) is 0 Å². The highest BCUT2D eigenvalue weighted by Crippen LogP contribution is 2.21. The van der Waals surface area contributed by atoms with Gasteiger partial charge in [-0.05, 0) is 13.0 Å². The summed E-state index contributed by atoms with van der Waals surface area (Å²) >= 11 is 0. The van der Waals surface area contributed by atoms with Crippen molar-refractivity contribution in [3.63, 3.8) is 0 Å². The minimum Gasteiger partial charge on any atom is -0.449 e. The predicted molar refractivity (Wildman–Crippen MR) is 39.7 cm³/mol. The first kappa shape index (κ1) is 6.40. The van der Waals surface area contributed by atoms with Crippen LogP contribution >= 0.6 is 0 Å². The minimum absolute atomic E-state index is 0.296. The summed E-state index contributed by atoms with van der Waals surface area (Å²) in [6.45, 7) is 1.84. The van der Waals surface area contributed by atoms with Crippen molar-refractivity contribution in [1.29, 1.82) is 0 Å². The zero-order valence-electron chi connectivity index (χ0n) is 6.02. The summed E-state index contributed by atoms with van der Waals surface area (Å²) in [6.07, 6.45) is 2.60. The Morgan fingerprint density at radius 3 is 3.00 bits per heavy atom. The highest BCUT2D eigenvalue weighted by molar-refractivity contribution is 5.80. The molecule has 2 heteroatoms. The quantitative estimate of drug-likeness (QED) is 0.561. The molecule has 0 spiro atoms. The monoisotopic (exact) mass is 149 g/mol. The molecule has 1 nitrogen and oxygen atoms in total. The number of aryl methyl sites for hydroxylation is 1. The van der Waals surface area contributed by atoms with E-state index in [0.717, 1.165) is 10.9 Å². The van der Waals surface area contributed by atoms with Crippen LogP contribution in [-0.2, 0) is 0 Å². The second-order valence-corrected chi connectivity index (χ2v) is 2.45. The lowest BCUT2D eigenvalue weighted by Crippen LogP contribution is -1.73. The van der Waals surface area contributed by atoms with Gasteiger partial charge in [-0.25, -0.2) is 4.39 Å². The van der Waals surface area contributed by atoms with Crippen LogP contribution in [0.25, 0.3) is 11.0 Å². The molecule has 0 aliphatic heterocycles. The summed E-state index contributed by atoms with van der Waals surface area (Å²) in [4.78, 5) is 0. The molecule has 0 fully saturated rings. The van der Waals surface area contributed by atoms with Crippen molar-refractivity contribution in [1.82, 2.24) is 0 Å². The molecule has 2 rings (SSSR count). The van der Waals surface area contributed by atoms with E-state index in [1.54, 1.807) is 6.07 Å². The molecule has 1 aromatic heterocycles. The summed E-state index contributed by atoms with van der Waals surface area (Å²) in [5, 5.41) is 0.796. The molecule has 0 saturated heterocycles. The van der Waals surface area contributed by atoms with Gasteiger partial charge in [-0.1, -0.05) is 12.1 Å². The zero-order valence-corrected chi connectivity index (χ0v) is 6.02. The Bertz CT molecular complexity index is 389. The molecular formula is C9H6FO. The van der Waals surface area contributed by atoms with Crippen molar-refractivity contribution in [3.8, 4) is 0 Å². The lowest BCUT2D eigenvalue weighted by molar-refractivity contribution is 0.553. The van der Waals surface area contributed by atoms with Crippen LogP contribution in [0.4, 0.5) is 4.39 Å². The summed E-state index contributed by atoms with van der Waals surface area (Å²) in [7, 11) is 0. The van der Waals surface area contributed by atoms with Gasteiger partial charge in [0.25, 0.3) is 0 Å². The Morgan fingerprint density at radius 2 is 2.27 bits per heavy atom. The molecule has 1 heterocycles. The smallest absolute Gasteiger partial charge is 0.174 e. The molecule has 0 unspecified atom stereocenters. The van der Waals surface area contributed by atoms with Crippen LogP contribution in [0.2, 0.25) is 0 Å². The Balaban J connectivity index is 2.94. The van der Waals surface area contributed by atoms with E-state index in [0.29, 0.717) is 5.58 Å². The van der Waals surface area contributed by atoms with Crippen molar-refractivity contribution >= 4 is 11.0 Å². The van der Waals surface area contributed by atoms with Crippen LogP contribution in [-0.4, -0.2) is 0 Å². The second-order valence-electron chi connectivity index (χ2n) is 2.45. The van der Waals surface area contributed by atoms with Gasteiger partial charge in [-0.15, -0.1) is 0 Å². The molecule has 0 amide bonds. The maximum atomic E-state index is 12.9. The standard InChI is InChI=1S/C9H6FO/c1-6-5-11-9-7(6)3-2-4-8(9)10/h2-4H,1H3. The molecule has 1 aromatic carbocycles. The van der Waals surface area contributed by atoms with Gasteiger partial charge < -0.3 is 4.42 Å². The number of para-hydroxylation sites is 1. The molecule has 2 aromatic rings. The summed E-state index contributed by atoms with van der Waals surface area (Å²) in [5.41, 5.74) is 1.14. The van der Waals surface area contributed by atoms with E-state index in [4.69, 9.17) is 4.42 Å². The van der Waals surface area contributed by atoms with Crippen molar-refractivity contribution in [2.45, 2.75) is 6.92 Å². The third-order valence-electron chi connectivity index (χ3n) is 1.68. The Hall–Kier alpha value is -1.31. The molecule has 0 N–H and O–H groups in total. The largest absolute Gasteiger partial charge is 0.449 e. The fourth-order valence-electron chi connectivity index (χ4n) is 1.09. The SMILES string of the molecule is Cc1[c]oc2c(F)cccc12. The van der Waals surface area contributed by atoms with Gasteiger partial charge in [-0.2, -0.15) is 0 Å². The molecule has 0 saturated carbocycles. The van der Waals surface area contributed by atoms with E-state index in [2.05, 4.69) is 6.26 Å². The highest BCUT2D eigenvalue weighted by Gasteiger charge is 2.05. The first-order chi connectivity index (χ1) is 5.29. The summed E-state index contributed by atoms with van der Waals surface area (Å²) < 4.78 is 17.8. The summed E-state index contributed by atoms with van der Waals surface area (Å²) in [6, 6.07) is 4.85. The molecule has 55 valence electrons. The third kappa shape index (κ3) is 0.827. The lowest BCUT2D eigenvalue weighted by atomic mass is 10.2. The van der Waals surface area contributed by atoms with E-state index in [1.807, 2.05) is 13.0 Å². The van der Waals surface area contributed by atoms with E-state index in [-0.39, 0.29) is 5.82 Å². The topological polar surface area (TPSA) is 13.1 Å². The van der Waals surface area contributed by atoms with Crippen molar-refractivity contribution in [2.75, 3.05) is 0 Å². The molecule has 0 bridgehead atoms. The fraction of sp³-hybridized carbons (Fsp3) is 0.111. The first-order valence-electron chi connectivity index (χ1n) is 3.34. The van der Waals surface area contributed by atoms with Crippen LogP contribution in [0.1, 0.15) is 5.56 Å². The molecule has 0 atom stereocenters. The number of hydrogen-bond donors (Lipinski definition) is 0. The predicted octanol–water partition coefficient (Wildman–Crippen LogP) is 2.68. The average molecular weight is 149 g/mol. The minimum atomic E-state index is -0.327. The van der Waals surface area contributed by atoms with Crippen LogP contribution in [0.15, 0.2) is 22.6 Å². The van der Waals surface area contributed by atoms with E-state index < -0.39 is 0 Å². The molecular weight excluding hydrogens is 143 g/mol. The van der Waals surface area contributed by atoms with E-state index >= 15 is 0 Å². The molecule has 11 heavy (non-hydrogen) atoms. The lowest BCUT2D eigenvalue weighted by Gasteiger charge is -1.88. The van der Waals surface area contributed by atoms with E-state index in [1.165, 1.54) is 6.07 Å². The number of fused-ring (bicyclic) bond motifs is 1. The number of halogens is 1. The van der Waals surface area contributed by atoms with Gasteiger partial charge >= 0.3 is 0 Å². The summed E-state index contributed by atoms with van der Waals surface area (Å²) in [5.74, 6) is -0.327. The van der Waals surface area contributed by atoms with Crippen molar-refractivity contribution < 1.29 is 8.81 Å². The van der Waals surface area contributed by atoms with Gasteiger partial charge in [0.05, 0.1) is 0 Å². The van der Waals surface area contributed by atoms with Gasteiger partial charge in [0.15, 0.2) is 17.7 Å². The number of benzene rings is 1. The molecule has 0 aliphatic rings. The number of hydrogen-bond acceptors (Lipinski definition) is 1. The maximum Gasteiger partial charge on any atom is 0.174 e. The number of rotatable bonds is 0. The van der Waals surface area contributed by atoms with Gasteiger partial charge in [0.1, 0.15) is 0 Å². The molecule has 1 radical (unpaired) electrons. The Labute approximate surface area is 63.4 Å². The maximum absolute atomic E-state index is 12.9. The van der Waals surface area contributed by atoms with Gasteiger partial charge in [-0.3, -0.25) is 0 Å². The Morgan fingerprint density at radius 1 is 1.45 bits per heavy atom. The van der Waals surface area contributed by atoms with Crippen LogP contribution < -0.4 is 0 Å².